The normalized spacial score (nSPS) is 13.8. The zero-order chi connectivity index (χ0) is 19.1. The van der Waals surface area contributed by atoms with E-state index in [-0.39, 0.29) is 34.8 Å². The van der Waals surface area contributed by atoms with Crippen molar-refractivity contribution in [3.05, 3.63) is 58.5 Å². The second-order valence-electron chi connectivity index (χ2n) is 5.60. The van der Waals surface area contributed by atoms with Gasteiger partial charge in [0, 0.05) is 0 Å². The Bertz CT molecular complexity index is 988. The second-order valence-corrected chi connectivity index (χ2v) is 7.44. The molecule has 2 heterocycles. The van der Waals surface area contributed by atoms with E-state index in [9.17, 15) is 22.8 Å². The first-order valence-electron chi connectivity index (χ1n) is 7.41. The van der Waals surface area contributed by atoms with Crippen molar-refractivity contribution >= 4 is 27.8 Å². The fraction of sp³-hybridized carbons (Fsp3) is 0.188. The van der Waals surface area contributed by atoms with E-state index in [1.165, 1.54) is 25.1 Å². The molecule has 0 fully saturated rings. The standard InChI is InChI=1S/C16H14N2O7S/c1-9-13(7-10(24-9)8-17-26(2,22)23)16(21)25-18-14(19)11-5-3-4-6-12(11)15(18)20/h3-7,17H,8H2,1-2H3. The van der Waals surface area contributed by atoms with E-state index in [2.05, 4.69) is 4.72 Å². The third kappa shape index (κ3) is 3.37. The summed E-state index contributed by atoms with van der Waals surface area (Å²) in [5.74, 6) is -2.09. The van der Waals surface area contributed by atoms with Crippen LogP contribution in [0.1, 0.15) is 42.6 Å². The number of aryl methyl sites for hydroxylation is 1. The molecule has 1 aliphatic rings. The predicted molar refractivity (Wildman–Crippen MR) is 87.5 cm³/mol. The van der Waals surface area contributed by atoms with Gasteiger partial charge in [-0.2, -0.15) is 0 Å². The molecule has 1 aliphatic heterocycles. The Balaban J connectivity index is 1.76. The zero-order valence-electron chi connectivity index (χ0n) is 13.8. The number of furan rings is 1. The maximum atomic E-state index is 12.3. The lowest BCUT2D eigenvalue weighted by Gasteiger charge is -2.12. The molecule has 9 nitrogen and oxygen atoms in total. The van der Waals surface area contributed by atoms with Crippen LogP contribution in [0.25, 0.3) is 0 Å². The first-order valence-corrected chi connectivity index (χ1v) is 9.30. The van der Waals surface area contributed by atoms with E-state index in [0.717, 1.165) is 6.26 Å². The van der Waals surface area contributed by atoms with Gasteiger partial charge in [0.25, 0.3) is 11.8 Å². The molecule has 3 rings (SSSR count). The van der Waals surface area contributed by atoms with Crippen LogP contribution in [0.2, 0.25) is 0 Å². The van der Waals surface area contributed by atoms with Crippen LogP contribution in [0, 0.1) is 6.92 Å². The van der Waals surface area contributed by atoms with Crippen molar-refractivity contribution in [3.8, 4) is 0 Å². The molecule has 1 aromatic heterocycles. The smallest absolute Gasteiger partial charge is 0.367 e. The fourth-order valence-corrected chi connectivity index (χ4v) is 2.82. The van der Waals surface area contributed by atoms with Crippen molar-refractivity contribution in [2.75, 3.05) is 6.26 Å². The molecule has 0 aliphatic carbocycles. The first-order chi connectivity index (χ1) is 12.2. The summed E-state index contributed by atoms with van der Waals surface area (Å²) in [6, 6.07) is 7.39. The quantitative estimate of drug-likeness (QED) is 0.770. The van der Waals surface area contributed by atoms with Crippen LogP contribution in [0.4, 0.5) is 0 Å². The van der Waals surface area contributed by atoms with Crippen LogP contribution in [-0.2, 0) is 21.4 Å². The van der Waals surface area contributed by atoms with Crippen LogP contribution < -0.4 is 4.72 Å². The Hall–Kier alpha value is -2.98. The Morgan fingerprint density at radius 3 is 2.31 bits per heavy atom. The summed E-state index contributed by atoms with van der Waals surface area (Å²) in [6.45, 7) is 1.32. The van der Waals surface area contributed by atoms with Gasteiger partial charge in [-0.05, 0) is 25.1 Å². The maximum absolute atomic E-state index is 12.3. The highest BCUT2D eigenvalue weighted by atomic mass is 32.2. The predicted octanol–water partition coefficient (Wildman–Crippen LogP) is 1.01. The minimum Gasteiger partial charge on any atom is -0.464 e. The highest BCUT2D eigenvalue weighted by molar-refractivity contribution is 7.88. The number of benzene rings is 1. The molecular formula is C16H14N2O7S. The Morgan fingerprint density at radius 2 is 1.77 bits per heavy atom. The summed E-state index contributed by atoms with van der Waals surface area (Å²) in [7, 11) is -3.43. The van der Waals surface area contributed by atoms with Crippen LogP contribution in [0.3, 0.4) is 0 Å². The van der Waals surface area contributed by atoms with Gasteiger partial charge in [0.2, 0.25) is 10.0 Å². The van der Waals surface area contributed by atoms with Crippen LogP contribution >= 0.6 is 0 Å². The van der Waals surface area contributed by atoms with Crippen molar-refractivity contribution in [3.63, 3.8) is 0 Å². The van der Waals surface area contributed by atoms with Gasteiger partial charge in [-0.1, -0.05) is 17.2 Å². The number of hydrogen-bond donors (Lipinski definition) is 1. The van der Waals surface area contributed by atoms with E-state index in [4.69, 9.17) is 9.25 Å². The molecule has 10 heteroatoms. The minimum atomic E-state index is -3.43. The van der Waals surface area contributed by atoms with Gasteiger partial charge in [0.15, 0.2) is 0 Å². The van der Waals surface area contributed by atoms with Crippen molar-refractivity contribution in [2.45, 2.75) is 13.5 Å². The number of carbonyl (C=O) groups is 3. The molecule has 26 heavy (non-hydrogen) atoms. The highest BCUT2D eigenvalue weighted by Crippen LogP contribution is 2.24. The van der Waals surface area contributed by atoms with E-state index in [1.54, 1.807) is 12.1 Å². The van der Waals surface area contributed by atoms with Gasteiger partial charge >= 0.3 is 5.97 Å². The summed E-state index contributed by atoms with van der Waals surface area (Å²) in [5.41, 5.74) is 0.270. The zero-order valence-corrected chi connectivity index (χ0v) is 14.6. The van der Waals surface area contributed by atoms with E-state index < -0.39 is 27.8 Å². The van der Waals surface area contributed by atoms with Gasteiger partial charge in [-0.15, -0.1) is 0 Å². The third-order valence-electron chi connectivity index (χ3n) is 3.63. The maximum Gasteiger partial charge on any atom is 0.367 e. The molecule has 0 radical (unpaired) electrons. The van der Waals surface area contributed by atoms with Gasteiger partial charge in [0.1, 0.15) is 17.1 Å². The first kappa shape index (κ1) is 17.8. The van der Waals surface area contributed by atoms with Crippen molar-refractivity contribution in [2.24, 2.45) is 0 Å². The number of fused-ring (bicyclic) bond motifs is 1. The van der Waals surface area contributed by atoms with Gasteiger partial charge in [0.05, 0.1) is 23.9 Å². The molecule has 0 saturated heterocycles. The average molecular weight is 378 g/mol. The van der Waals surface area contributed by atoms with Gasteiger partial charge in [-0.3, -0.25) is 9.59 Å². The lowest BCUT2D eigenvalue weighted by molar-refractivity contribution is -0.0585. The second kappa shape index (κ2) is 6.39. The summed E-state index contributed by atoms with van der Waals surface area (Å²) < 4.78 is 29.7. The Labute approximate surface area is 148 Å². The number of sulfonamides is 1. The number of rotatable bonds is 5. The number of hydrogen-bond acceptors (Lipinski definition) is 7. The number of carbonyl (C=O) groups excluding carboxylic acids is 3. The van der Waals surface area contributed by atoms with Gasteiger partial charge in [-0.25, -0.2) is 17.9 Å². The van der Waals surface area contributed by atoms with Crippen LogP contribution in [-0.4, -0.2) is 37.5 Å². The molecule has 1 N–H and O–H groups in total. The van der Waals surface area contributed by atoms with E-state index >= 15 is 0 Å². The molecule has 136 valence electrons. The molecule has 0 spiro atoms. The highest BCUT2D eigenvalue weighted by Gasteiger charge is 2.39. The van der Waals surface area contributed by atoms with Crippen molar-refractivity contribution in [1.82, 2.24) is 9.79 Å². The summed E-state index contributed by atoms with van der Waals surface area (Å²) in [4.78, 5) is 41.7. The molecule has 0 atom stereocenters. The molecule has 2 aromatic rings. The minimum absolute atomic E-state index is 0.0214. The number of nitrogens with one attached hydrogen (secondary N) is 1. The SMILES string of the molecule is Cc1oc(CNS(C)(=O)=O)cc1C(=O)ON1C(=O)c2ccccc2C1=O. The average Bonchev–Trinajstić information content (AvgIpc) is 3.06. The van der Waals surface area contributed by atoms with Crippen LogP contribution in [0.15, 0.2) is 34.7 Å². The number of nitrogens with zero attached hydrogens (tertiary/aromatic N) is 1. The van der Waals surface area contributed by atoms with Crippen LogP contribution in [0.5, 0.6) is 0 Å². The molecule has 1 aromatic carbocycles. The number of amides is 2. The topological polar surface area (TPSA) is 123 Å². The molecule has 0 unspecified atom stereocenters. The summed E-state index contributed by atoms with van der Waals surface area (Å²) in [6.07, 6.45) is 0.986. The molecule has 0 saturated carbocycles. The Morgan fingerprint density at radius 1 is 1.19 bits per heavy atom. The lowest BCUT2D eigenvalue weighted by Crippen LogP contribution is -2.32. The summed E-state index contributed by atoms with van der Waals surface area (Å²) in [5, 5.41) is 0.397. The Kier molecular flexibility index (Phi) is 4.38. The van der Waals surface area contributed by atoms with E-state index in [0.29, 0.717) is 5.06 Å². The molecular weight excluding hydrogens is 364 g/mol. The van der Waals surface area contributed by atoms with E-state index in [1.807, 2.05) is 0 Å². The molecule has 2 amide bonds. The number of hydroxylamine groups is 2. The largest absolute Gasteiger partial charge is 0.464 e. The third-order valence-corrected chi connectivity index (χ3v) is 4.30. The fourth-order valence-electron chi connectivity index (χ4n) is 2.42. The monoisotopic (exact) mass is 378 g/mol. The number of imide groups is 1. The summed E-state index contributed by atoms with van der Waals surface area (Å²) >= 11 is 0. The molecule has 0 bridgehead atoms. The lowest BCUT2D eigenvalue weighted by atomic mass is 10.1. The van der Waals surface area contributed by atoms with Crippen molar-refractivity contribution in [1.29, 1.82) is 0 Å². The van der Waals surface area contributed by atoms with Gasteiger partial charge < -0.3 is 9.25 Å². The van der Waals surface area contributed by atoms with Crippen molar-refractivity contribution < 1.29 is 32.1 Å².